The maximum atomic E-state index is 12.9. The number of esters is 1. The molecule has 5 nitrogen and oxygen atoms in total. The maximum absolute atomic E-state index is 12.9. The van der Waals surface area contributed by atoms with Gasteiger partial charge in [0.15, 0.2) is 0 Å². The van der Waals surface area contributed by atoms with Crippen molar-refractivity contribution >= 4 is 55.3 Å². The first-order chi connectivity index (χ1) is 14.0. The first-order valence-electron chi connectivity index (χ1n) is 9.43. The second kappa shape index (κ2) is 8.40. The minimum absolute atomic E-state index is 0.153. The number of hydrogen-bond acceptors (Lipinski definition) is 4. The van der Waals surface area contributed by atoms with Crippen LogP contribution in [0.25, 0.3) is 0 Å². The van der Waals surface area contributed by atoms with Crippen LogP contribution in [-0.2, 0) is 20.9 Å². The van der Waals surface area contributed by atoms with Crippen LogP contribution < -0.4 is 4.90 Å². The molecule has 2 amide bonds. The van der Waals surface area contributed by atoms with Crippen LogP contribution in [0.3, 0.4) is 0 Å². The second-order valence-corrected chi connectivity index (χ2v) is 9.69. The van der Waals surface area contributed by atoms with Gasteiger partial charge in [0.05, 0.1) is 23.1 Å². The fraction of sp³-hybridized carbons (Fsp3) is 0.318. The minimum atomic E-state index is -0.492. The number of fused-ring (bicyclic) bond motifs is 1. The highest BCUT2D eigenvalue weighted by atomic mass is 79.9. The summed E-state index contributed by atoms with van der Waals surface area (Å²) in [6, 6.07) is 15.9. The van der Waals surface area contributed by atoms with Crippen LogP contribution in [0.1, 0.15) is 28.8 Å². The third-order valence-corrected chi connectivity index (χ3v) is 8.20. The number of carbonyl (C=O) groups excluding carboxylic acids is 3. The number of imide groups is 1. The Labute approximate surface area is 185 Å². The number of anilines is 1. The molecule has 2 aromatic carbocycles. The summed E-state index contributed by atoms with van der Waals surface area (Å²) >= 11 is 7.18. The average molecular weight is 521 g/mol. The van der Waals surface area contributed by atoms with Gasteiger partial charge in [0, 0.05) is 9.65 Å². The van der Waals surface area contributed by atoms with Crippen LogP contribution in [0.5, 0.6) is 0 Å². The second-order valence-electron chi connectivity index (χ2n) is 7.34. The molecule has 1 saturated heterocycles. The summed E-state index contributed by atoms with van der Waals surface area (Å²) < 4.78 is 5.37. The smallest absolute Gasteiger partial charge is 0.338 e. The van der Waals surface area contributed by atoms with Crippen LogP contribution in [0.15, 0.2) is 54.6 Å². The number of nitrogens with zero attached hydrogens (tertiary/aromatic N) is 1. The van der Waals surface area contributed by atoms with E-state index in [1.807, 2.05) is 30.3 Å². The lowest BCUT2D eigenvalue weighted by Gasteiger charge is -2.29. The summed E-state index contributed by atoms with van der Waals surface area (Å²) in [6.45, 7) is 0.162. The number of hydrogen-bond donors (Lipinski definition) is 0. The molecular formula is C22H19Br2NO4. The lowest BCUT2D eigenvalue weighted by molar-refractivity contribution is -0.122. The zero-order chi connectivity index (χ0) is 20.5. The van der Waals surface area contributed by atoms with E-state index < -0.39 is 5.97 Å². The van der Waals surface area contributed by atoms with E-state index >= 15 is 0 Å². The maximum Gasteiger partial charge on any atom is 0.338 e. The van der Waals surface area contributed by atoms with Gasteiger partial charge in [0.1, 0.15) is 6.61 Å². The molecule has 1 aliphatic heterocycles. The number of halogens is 2. The predicted octanol–water partition coefficient (Wildman–Crippen LogP) is 4.47. The van der Waals surface area contributed by atoms with E-state index in [9.17, 15) is 14.4 Å². The SMILES string of the molecule is O=C(OCc1ccccc1)c1cccc(N2C(=O)[C@@H]3C[C@@H](Br)[C@@H](Br)C[C@H]3C2=O)c1. The highest BCUT2D eigenvalue weighted by Crippen LogP contribution is 2.44. The fourth-order valence-corrected chi connectivity index (χ4v) is 5.17. The van der Waals surface area contributed by atoms with E-state index in [2.05, 4.69) is 31.9 Å². The van der Waals surface area contributed by atoms with Crippen molar-refractivity contribution in [3.63, 3.8) is 0 Å². The molecule has 4 atom stereocenters. The van der Waals surface area contributed by atoms with Crippen LogP contribution in [0.4, 0.5) is 5.69 Å². The molecule has 4 rings (SSSR count). The van der Waals surface area contributed by atoms with Gasteiger partial charge in [-0.3, -0.25) is 14.5 Å². The van der Waals surface area contributed by atoms with Gasteiger partial charge in [-0.1, -0.05) is 68.3 Å². The van der Waals surface area contributed by atoms with Gasteiger partial charge in [-0.2, -0.15) is 0 Å². The Balaban J connectivity index is 1.52. The van der Waals surface area contributed by atoms with Crippen molar-refractivity contribution < 1.29 is 19.1 Å². The first kappa shape index (κ1) is 20.3. The average Bonchev–Trinajstić information content (AvgIpc) is 2.97. The van der Waals surface area contributed by atoms with Crippen molar-refractivity contribution in [3.8, 4) is 0 Å². The van der Waals surface area contributed by atoms with E-state index in [0.717, 1.165) is 5.56 Å². The first-order valence-corrected chi connectivity index (χ1v) is 11.3. The molecule has 1 heterocycles. The van der Waals surface area contributed by atoms with Crippen molar-refractivity contribution in [2.24, 2.45) is 11.8 Å². The summed E-state index contributed by atoms with van der Waals surface area (Å²) in [7, 11) is 0. The van der Waals surface area contributed by atoms with Crippen LogP contribution in [0.2, 0.25) is 0 Å². The molecule has 1 saturated carbocycles. The summed E-state index contributed by atoms with van der Waals surface area (Å²) in [4.78, 5) is 39.9. The number of ether oxygens (including phenoxy) is 1. The number of carbonyl (C=O) groups is 3. The fourth-order valence-electron chi connectivity index (χ4n) is 3.93. The molecule has 0 bridgehead atoms. The van der Waals surface area contributed by atoms with Crippen molar-refractivity contribution in [3.05, 3.63) is 65.7 Å². The molecule has 2 aromatic rings. The number of alkyl halides is 2. The molecule has 29 heavy (non-hydrogen) atoms. The largest absolute Gasteiger partial charge is 0.457 e. The van der Waals surface area contributed by atoms with Crippen molar-refractivity contribution in [1.82, 2.24) is 0 Å². The Hall–Kier alpha value is -1.99. The van der Waals surface area contributed by atoms with Gasteiger partial charge in [-0.25, -0.2) is 4.79 Å². The topological polar surface area (TPSA) is 63.7 Å². The van der Waals surface area contributed by atoms with Gasteiger partial charge in [-0.15, -0.1) is 0 Å². The molecular weight excluding hydrogens is 502 g/mol. The minimum Gasteiger partial charge on any atom is -0.457 e. The lowest BCUT2D eigenvalue weighted by atomic mass is 9.81. The third-order valence-electron chi connectivity index (χ3n) is 5.46. The molecule has 2 fully saturated rings. The van der Waals surface area contributed by atoms with Crippen molar-refractivity contribution in [1.29, 1.82) is 0 Å². The monoisotopic (exact) mass is 519 g/mol. The highest BCUT2D eigenvalue weighted by Gasteiger charge is 2.52. The zero-order valence-corrected chi connectivity index (χ0v) is 18.6. The predicted molar refractivity (Wildman–Crippen MR) is 116 cm³/mol. The van der Waals surface area contributed by atoms with Gasteiger partial charge in [0.25, 0.3) is 0 Å². The van der Waals surface area contributed by atoms with Gasteiger partial charge < -0.3 is 4.74 Å². The molecule has 150 valence electrons. The third kappa shape index (κ3) is 4.03. The van der Waals surface area contributed by atoms with Crippen LogP contribution in [0, 0.1) is 11.8 Å². The van der Waals surface area contributed by atoms with Crippen molar-refractivity contribution in [2.75, 3.05) is 4.90 Å². The van der Waals surface area contributed by atoms with Crippen LogP contribution >= 0.6 is 31.9 Å². The number of amides is 2. The molecule has 1 aliphatic carbocycles. The van der Waals surface area contributed by atoms with Gasteiger partial charge >= 0.3 is 5.97 Å². The van der Waals surface area contributed by atoms with E-state index in [0.29, 0.717) is 24.1 Å². The highest BCUT2D eigenvalue weighted by molar-refractivity contribution is 9.12. The quantitative estimate of drug-likeness (QED) is 0.339. The summed E-state index contributed by atoms with van der Waals surface area (Å²) in [5, 5.41) is 0. The van der Waals surface area contributed by atoms with Gasteiger partial charge in [0.2, 0.25) is 11.8 Å². The molecule has 0 aromatic heterocycles. The van der Waals surface area contributed by atoms with E-state index in [-0.39, 0.29) is 39.9 Å². The molecule has 0 spiro atoms. The Morgan fingerprint density at radius 2 is 1.55 bits per heavy atom. The lowest BCUT2D eigenvalue weighted by Crippen LogP contribution is -2.34. The molecule has 7 heteroatoms. The Morgan fingerprint density at radius 1 is 0.931 bits per heavy atom. The summed E-state index contributed by atoms with van der Waals surface area (Å²) in [5.41, 5.74) is 1.62. The van der Waals surface area contributed by atoms with E-state index in [1.165, 1.54) is 4.90 Å². The molecule has 2 aliphatic rings. The molecule has 0 N–H and O–H groups in total. The Bertz CT molecular complexity index is 921. The summed E-state index contributed by atoms with van der Waals surface area (Å²) in [5.74, 6) is -1.53. The van der Waals surface area contributed by atoms with Crippen molar-refractivity contribution in [2.45, 2.75) is 29.1 Å². The van der Waals surface area contributed by atoms with Crippen LogP contribution in [-0.4, -0.2) is 27.4 Å². The number of rotatable bonds is 4. The molecule has 0 unspecified atom stereocenters. The van der Waals surface area contributed by atoms with Gasteiger partial charge in [-0.05, 0) is 36.6 Å². The molecule has 0 radical (unpaired) electrons. The standard InChI is InChI=1S/C22H19Br2NO4/c23-18-10-16-17(11-19(18)24)21(27)25(20(16)26)15-8-4-7-14(9-15)22(28)29-12-13-5-2-1-3-6-13/h1-9,16-19H,10-12H2/t16-,17-,18-,19+/m1/s1. The van der Waals surface area contributed by atoms with E-state index in [4.69, 9.17) is 4.74 Å². The summed E-state index contributed by atoms with van der Waals surface area (Å²) in [6.07, 6.45) is 1.22. The zero-order valence-electron chi connectivity index (χ0n) is 15.5. The van der Waals surface area contributed by atoms with E-state index in [1.54, 1.807) is 24.3 Å². The Morgan fingerprint density at radius 3 is 2.17 bits per heavy atom. The normalized spacial score (nSPS) is 26.3. The Kier molecular flexibility index (Phi) is 5.88. The number of benzene rings is 2.